The van der Waals surface area contributed by atoms with E-state index in [0.717, 1.165) is 11.1 Å². The average molecular weight is 513 g/mol. The van der Waals surface area contributed by atoms with E-state index in [9.17, 15) is 4.79 Å². The van der Waals surface area contributed by atoms with E-state index < -0.39 is 5.91 Å². The summed E-state index contributed by atoms with van der Waals surface area (Å²) in [5, 5.41) is 4.52. The summed E-state index contributed by atoms with van der Waals surface area (Å²) in [5.41, 5.74) is 4.82. The minimum atomic E-state index is -0.633. The van der Waals surface area contributed by atoms with Gasteiger partial charge in [0.1, 0.15) is 5.82 Å². The first-order chi connectivity index (χ1) is 14.9. The van der Waals surface area contributed by atoms with E-state index in [0.29, 0.717) is 16.4 Å². The van der Waals surface area contributed by atoms with Gasteiger partial charge in [-0.15, -0.1) is 0 Å². The van der Waals surface area contributed by atoms with Gasteiger partial charge in [0, 0.05) is 5.02 Å². The summed E-state index contributed by atoms with van der Waals surface area (Å²) in [5.74, 6) is -0.315. The van der Waals surface area contributed by atoms with Crippen LogP contribution in [0, 0.1) is 0 Å². The molecule has 0 aliphatic carbocycles. The van der Waals surface area contributed by atoms with Gasteiger partial charge in [-0.2, -0.15) is 5.10 Å². The number of hydrogen-bond donors (Lipinski definition) is 2. The lowest BCUT2D eigenvalue weighted by atomic mass is 10.1. The van der Waals surface area contributed by atoms with Gasteiger partial charge in [0.25, 0.3) is 5.91 Å². The summed E-state index contributed by atoms with van der Waals surface area (Å²) >= 11 is 31.2. The van der Waals surface area contributed by atoms with Crippen molar-refractivity contribution < 1.29 is 4.79 Å². The molecule has 0 radical (unpaired) electrons. The van der Waals surface area contributed by atoms with Crippen LogP contribution in [0.1, 0.15) is 15.9 Å². The summed E-state index contributed by atoms with van der Waals surface area (Å²) in [7, 11) is 0. The Balaban J connectivity index is 1.77. The van der Waals surface area contributed by atoms with Gasteiger partial charge in [0.05, 0.1) is 48.5 Å². The number of benzene rings is 3. The van der Waals surface area contributed by atoms with Crippen LogP contribution in [0.5, 0.6) is 0 Å². The Bertz CT molecular complexity index is 1300. The fourth-order valence-electron chi connectivity index (χ4n) is 2.91. The molecule has 0 bridgehead atoms. The molecule has 0 fully saturated rings. The summed E-state index contributed by atoms with van der Waals surface area (Å²) in [6.07, 6.45) is 1.46. The van der Waals surface area contributed by atoms with Gasteiger partial charge in [-0.05, 0) is 29.8 Å². The highest BCUT2D eigenvalue weighted by atomic mass is 35.5. The van der Waals surface area contributed by atoms with Crippen molar-refractivity contribution in [3.8, 4) is 11.4 Å². The van der Waals surface area contributed by atoms with Crippen LogP contribution in [0.4, 0.5) is 0 Å². The first kappa shape index (κ1) is 21.9. The molecule has 1 aromatic heterocycles. The van der Waals surface area contributed by atoms with E-state index in [4.69, 9.17) is 58.0 Å². The first-order valence-corrected chi connectivity index (χ1v) is 10.7. The van der Waals surface area contributed by atoms with Crippen LogP contribution in [0.2, 0.25) is 25.1 Å². The van der Waals surface area contributed by atoms with Crippen molar-refractivity contribution in [2.75, 3.05) is 0 Å². The molecule has 1 amide bonds. The SMILES string of the molecule is O=C(N/N=C/c1ccc(Cl)cc1)c1c(Cl)c(Cl)c(Cl)c(Cl)c1-c1nc2ccccc2[nH]1. The van der Waals surface area contributed by atoms with Crippen molar-refractivity contribution in [1.82, 2.24) is 15.4 Å². The van der Waals surface area contributed by atoms with E-state index in [-0.39, 0.29) is 31.2 Å². The zero-order chi connectivity index (χ0) is 22.1. The van der Waals surface area contributed by atoms with E-state index in [1.165, 1.54) is 6.21 Å². The fourth-order valence-corrected chi connectivity index (χ4v) is 4.06. The largest absolute Gasteiger partial charge is 0.338 e. The molecule has 3 aromatic carbocycles. The molecule has 1 heterocycles. The molecule has 10 heteroatoms. The molecule has 0 spiro atoms. The number of amides is 1. The normalized spacial score (nSPS) is 11.4. The molecule has 156 valence electrons. The van der Waals surface area contributed by atoms with Crippen LogP contribution in [0.15, 0.2) is 53.6 Å². The van der Waals surface area contributed by atoms with Gasteiger partial charge in [-0.3, -0.25) is 4.79 Å². The zero-order valence-electron chi connectivity index (χ0n) is 15.4. The molecule has 31 heavy (non-hydrogen) atoms. The van der Waals surface area contributed by atoms with Crippen molar-refractivity contribution in [3.05, 3.63) is 84.8 Å². The third kappa shape index (κ3) is 4.38. The minimum Gasteiger partial charge on any atom is -0.338 e. The summed E-state index contributed by atoms with van der Waals surface area (Å²) in [6, 6.07) is 14.3. The van der Waals surface area contributed by atoms with Gasteiger partial charge in [-0.1, -0.05) is 82.3 Å². The Labute approximate surface area is 201 Å². The molecule has 0 atom stereocenters. The van der Waals surface area contributed by atoms with Crippen molar-refractivity contribution in [1.29, 1.82) is 0 Å². The van der Waals surface area contributed by atoms with E-state index >= 15 is 0 Å². The second-order valence-corrected chi connectivity index (χ2v) is 8.31. The number of aromatic amines is 1. The Kier molecular flexibility index (Phi) is 6.42. The Hall–Kier alpha value is -2.28. The predicted molar refractivity (Wildman–Crippen MR) is 128 cm³/mol. The molecule has 0 aliphatic heterocycles. The number of nitrogens with zero attached hydrogens (tertiary/aromatic N) is 2. The number of carbonyl (C=O) groups excluding carboxylic acids is 1. The third-order valence-electron chi connectivity index (χ3n) is 4.37. The van der Waals surface area contributed by atoms with Crippen LogP contribution >= 0.6 is 58.0 Å². The molecule has 0 saturated heterocycles. The van der Waals surface area contributed by atoms with Crippen LogP contribution in [-0.4, -0.2) is 22.1 Å². The van der Waals surface area contributed by atoms with Gasteiger partial charge < -0.3 is 4.98 Å². The number of H-pyrrole nitrogens is 1. The summed E-state index contributed by atoms with van der Waals surface area (Å²) in [4.78, 5) is 20.6. The third-order valence-corrected chi connectivity index (χ3v) is 6.42. The first-order valence-electron chi connectivity index (χ1n) is 8.77. The highest BCUT2D eigenvalue weighted by Crippen LogP contribution is 2.45. The lowest BCUT2D eigenvalue weighted by Gasteiger charge is -2.14. The molecule has 4 rings (SSSR count). The van der Waals surface area contributed by atoms with Gasteiger partial charge in [-0.25, -0.2) is 10.4 Å². The predicted octanol–water partition coefficient (Wildman–Crippen LogP) is 7.26. The van der Waals surface area contributed by atoms with Gasteiger partial charge >= 0.3 is 0 Å². The smallest absolute Gasteiger partial charge is 0.273 e. The zero-order valence-corrected chi connectivity index (χ0v) is 19.2. The number of rotatable bonds is 4. The number of imidazole rings is 1. The van der Waals surface area contributed by atoms with Gasteiger partial charge in [0.15, 0.2) is 0 Å². The summed E-state index contributed by atoms with van der Waals surface area (Å²) < 4.78 is 0. The maximum atomic E-state index is 13.0. The van der Waals surface area contributed by atoms with E-state index in [1.807, 2.05) is 24.3 Å². The second-order valence-electron chi connectivity index (χ2n) is 6.36. The fraction of sp³-hybridized carbons (Fsp3) is 0. The van der Waals surface area contributed by atoms with Crippen LogP contribution in [-0.2, 0) is 0 Å². The molecule has 5 nitrogen and oxygen atoms in total. The number of hydrogen-bond acceptors (Lipinski definition) is 3. The second kappa shape index (κ2) is 9.07. The number of carbonyl (C=O) groups is 1. The Morgan fingerprint density at radius 1 is 0.903 bits per heavy atom. The standard InChI is InChI=1S/C21H11Cl5N4O/c22-11-7-5-10(6-8-11)9-27-30-21(31)15-14(16(23)18(25)19(26)17(15)24)20-28-12-3-1-2-4-13(12)29-20/h1-9H,(H,28,29)(H,30,31)/b27-9+. The van der Waals surface area contributed by atoms with Crippen LogP contribution in [0.25, 0.3) is 22.4 Å². The lowest BCUT2D eigenvalue weighted by Crippen LogP contribution is -2.20. The Morgan fingerprint density at radius 3 is 2.29 bits per heavy atom. The van der Waals surface area contributed by atoms with Crippen molar-refractivity contribution in [3.63, 3.8) is 0 Å². The highest BCUT2D eigenvalue weighted by Gasteiger charge is 2.27. The van der Waals surface area contributed by atoms with Crippen molar-refractivity contribution >= 4 is 81.2 Å². The molecule has 0 saturated carbocycles. The number of para-hydroxylation sites is 2. The number of nitrogens with one attached hydrogen (secondary N) is 2. The number of halogens is 5. The molecule has 0 aliphatic rings. The summed E-state index contributed by atoms with van der Waals surface area (Å²) in [6.45, 7) is 0. The minimum absolute atomic E-state index is 0.00613. The Morgan fingerprint density at radius 2 is 1.58 bits per heavy atom. The van der Waals surface area contributed by atoms with Crippen molar-refractivity contribution in [2.45, 2.75) is 0 Å². The lowest BCUT2D eigenvalue weighted by molar-refractivity contribution is 0.0956. The molecule has 4 aromatic rings. The number of hydrazone groups is 1. The van der Waals surface area contributed by atoms with Crippen LogP contribution < -0.4 is 5.43 Å². The highest BCUT2D eigenvalue weighted by molar-refractivity contribution is 6.54. The number of aromatic nitrogens is 2. The quantitative estimate of drug-likeness (QED) is 0.131. The molecule has 2 N–H and O–H groups in total. The van der Waals surface area contributed by atoms with E-state index in [2.05, 4.69) is 20.5 Å². The average Bonchev–Trinajstić information content (AvgIpc) is 3.19. The van der Waals surface area contributed by atoms with Gasteiger partial charge in [0.2, 0.25) is 0 Å². The maximum absolute atomic E-state index is 13.0. The maximum Gasteiger partial charge on any atom is 0.273 e. The molecule has 0 unspecified atom stereocenters. The van der Waals surface area contributed by atoms with E-state index in [1.54, 1.807) is 24.3 Å². The molecular weight excluding hydrogens is 502 g/mol. The monoisotopic (exact) mass is 510 g/mol. The topological polar surface area (TPSA) is 70.1 Å². The van der Waals surface area contributed by atoms with Crippen LogP contribution in [0.3, 0.4) is 0 Å². The molecular formula is C21H11Cl5N4O. The number of fused-ring (bicyclic) bond motifs is 1. The van der Waals surface area contributed by atoms with Crippen molar-refractivity contribution in [2.24, 2.45) is 5.10 Å².